The van der Waals surface area contributed by atoms with Crippen LogP contribution in [0.5, 0.6) is 0 Å². The summed E-state index contributed by atoms with van der Waals surface area (Å²) < 4.78 is 13.2. The first-order chi connectivity index (χ1) is 14.6. The van der Waals surface area contributed by atoms with Crippen molar-refractivity contribution >= 4 is 23.4 Å². The van der Waals surface area contributed by atoms with E-state index >= 15 is 0 Å². The van der Waals surface area contributed by atoms with Crippen molar-refractivity contribution in [2.75, 3.05) is 6.54 Å². The van der Waals surface area contributed by atoms with Gasteiger partial charge in [0.25, 0.3) is 11.8 Å². The van der Waals surface area contributed by atoms with Crippen molar-refractivity contribution in [2.24, 2.45) is 0 Å². The number of aliphatic hydroxyl groups is 2. The van der Waals surface area contributed by atoms with Gasteiger partial charge in [-0.3, -0.25) is 9.59 Å². The van der Waals surface area contributed by atoms with Gasteiger partial charge in [-0.1, -0.05) is 35.9 Å². The Labute approximate surface area is 185 Å². The minimum Gasteiger partial charge on any atom is -0.380 e. The predicted octanol–water partition coefficient (Wildman–Crippen LogP) is 2.92. The summed E-state index contributed by atoms with van der Waals surface area (Å²) in [7, 11) is 0. The number of amides is 2. The van der Waals surface area contributed by atoms with E-state index < -0.39 is 35.4 Å². The highest BCUT2D eigenvalue weighted by atomic mass is 35.5. The van der Waals surface area contributed by atoms with E-state index in [1.54, 1.807) is 32.0 Å². The van der Waals surface area contributed by atoms with Crippen LogP contribution in [0, 0.1) is 5.82 Å². The molecule has 2 aromatic rings. The molecule has 1 aliphatic heterocycles. The van der Waals surface area contributed by atoms with Crippen LogP contribution in [0.3, 0.4) is 0 Å². The van der Waals surface area contributed by atoms with Crippen LogP contribution in [-0.2, 0) is 15.1 Å². The Kier molecular flexibility index (Phi) is 6.99. The molecule has 1 heterocycles. The molecule has 0 spiro atoms. The van der Waals surface area contributed by atoms with Crippen molar-refractivity contribution < 1.29 is 24.2 Å². The molecule has 3 N–H and O–H groups in total. The van der Waals surface area contributed by atoms with Gasteiger partial charge in [-0.05, 0) is 62.1 Å². The molecular formula is C23H26ClFN2O4. The zero-order valence-corrected chi connectivity index (χ0v) is 18.1. The Morgan fingerprint density at radius 2 is 1.84 bits per heavy atom. The van der Waals surface area contributed by atoms with E-state index in [2.05, 4.69) is 5.32 Å². The minimum atomic E-state index is -1.95. The Hall–Kier alpha value is -2.48. The molecule has 0 aromatic heterocycles. The molecule has 1 unspecified atom stereocenters. The maximum absolute atomic E-state index is 13.2. The molecule has 0 bridgehead atoms. The van der Waals surface area contributed by atoms with Crippen LogP contribution in [0.2, 0.25) is 5.02 Å². The maximum atomic E-state index is 13.2. The van der Waals surface area contributed by atoms with Crippen LogP contribution in [0.4, 0.5) is 4.39 Å². The maximum Gasteiger partial charge on any atom is 0.255 e. The molecule has 1 fully saturated rings. The first-order valence-electron chi connectivity index (χ1n) is 10.1. The zero-order valence-electron chi connectivity index (χ0n) is 17.4. The second kappa shape index (κ2) is 9.34. The summed E-state index contributed by atoms with van der Waals surface area (Å²) in [6, 6.07) is 12.4. The van der Waals surface area contributed by atoms with E-state index in [9.17, 15) is 24.2 Å². The topological polar surface area (TPSA) is 89.9 Å². The molecular weight excluding hydrogens is 423 g/mol. The van der Waals surface area contributed by atoms with Crippen LogP contribution in [0.15, 0.2) is 48.5 Å². The van der Waals surface area contributed by atoms with Gasteiger partial charge < -0.3 is 20.4 Å². The lowest BCUT2D eigenvalue weighted by atomic mass is 9.93. The molecule has 0 aliphatic carbocycles. The number of nitrogens with zero attached hydrogens (tertiary/aromatic N) is 1. The molecule has 1 aliphatic rings. The minimum absolute atomic E-state index is 0.285. The van der Waals surface area contributed by atoms with Gasteiger partial charge in [-0.25, -0.2) is 4.39 Å². The van der Waals surface area contributed by atoms with E-state index in [0.717, 1.165) is 12.0 Å². The summed E-state index contributed by atoms with van der Waals surface area (Å²) in [6.45, 7) is 3.76. The molecule has 166 valence electrons. The molecule has 6 nitrogen and oxygen atoms in total. The number of benzene rings is 2. The van der Waals surface area contributed by atoms with Gasteiger partial charge in [0, 0.05) is 11.6 Å². The van der Waals surface area contributed by atoms with Crippen LogP contribution in [0.25, 0.3) is 0 Å². The number of hydrogen-bond donors (Lipinski definition) is 3. The lowest BCUT2D eigenvalue weighted by molar-refractivity contribution is -0.154. The summed E-state index contributed by atoms with van der Waals surface area (Å²) >= 11 is 6.06. The van der Waals surface area contributed by atoms with E-state index in [4.69, 9.17) is 11.6 Å². The quantitative estimate of drug-likeness (QED) is 0.633. The largest absolute Gasteiger partial charge is 0.380 e. The third-order valence-corrected chi connectivity index (χ3v) is 5.83. The third-order valence-electron chi connectivity index (χ3n) is 5.59. The number of halogens is 2. The second-order valence-corrected chi connectivity index (χ2v) is 8.69. The normalized spacial score (nSPS) is 18.5. The Morgan fingerprint density at radius 3 is 2.48 bits per heavy atom. The average Bonchev–Trinajstić information content (AvgIpc) is 3.22. The lowest BCUT2D eigenvalue weighted by Gasteiger charge is -2.31. The molecule has 31 heavy (non-hydrogen) atoms. The lowest BCUT2D eigenvalue weighted by Crippen LogP contribution is -2.53. The predicted molar refractivity (Wildman–Crippen MR) is 115 cm³/mol. The van der Waals surface area contributed by atoms with Gasteiger partial charge in [0.1, 0.15) is 5.82 Å². The number of rotatable bonds is 6. The van der Waals surface area contributed by atoms with Gasteiger partial charge in [0.15, 0.2) is 12.2 Å². The molecule has 1 saturated heterocycles. The summed E-state index contributed by atoms with van der Waals surface area (Å²) in [6.07, 6.45) is -2.44. The van der Waals surface area contributed by atoms with Gasteiger partial charge >= 0.3 is 0 Å². The molecule has 2 aromatic carbocycles. The first kappa shape index (κ1) is 23.2. The number of hydrogen-bond acceptors (Lipinski definition) is 4. The smallest absolute Gasteiger partial charge is 0.255 e. The first-order valence-corrected chi connectivity index (χ1v) is 10.5. The zero-order chi connectivity index (χ0) is 22.8. The SMILES string of the molecule is CC(C)(NC(=O)[C@H](O)[C@@H](O)C(=O)N1CCCC1c1cccc(Cl)c1)c1ccc(F)cc1. The summed E-state index contributed by atoms with van der Waals surface area (Å²) in [5.74, 6) is -2.02. The van der Waals surface area contributed by atoms with E-state index in [-0.39, 0.29) is 6.04 Å². The third kappa shape index (κ3) is 5.23. The van der Waals surface area contributed by atoms with Crippen LogP contribution in [0.1, 0.15) is 43.9 Å². The van der Waals surface area contributed by atoms with Crippen LogP contribution in [-0.4, -0.2) is 45.7 Å². The molecule has 2 amide bonds. The fraction of sp³-hybridized carbons (Fsp3) is 0.391. The van der Waals surface area contributed by atoms with E-state index in [1.165, 1.54) is 29.2 Å². The van der Waals surface area contributed by atoms with E-state index in [0.29, 0.717) is 23.6 Å². The van der Waals surface area contributed by atoms with Crippen LogP contribution < -0.4 is 5.32 Å². The van der Waals surface area contributed by atoms with Crippen molar-refractivity contribution in [3.63, 3.8) is 0 Å². The fourth-order valence-corrected chi connectivity index (χ4v) is 4.06. The summed E-state index contributed by atoms with van der Waals surface area (Å²) in [5.41, 5.74) is 0.489. The number of aliphatic hydroxyl groups excluding tert-OH is 2. The van der Waals surface area contributed by atoms with Crippen molar-refractivity contribution in [3.05, 3.63) is 70.5 Å². The number of carbonyl (C=O) groups is 2. The number of carbonyl (C=O) groups excluding carboxylic acids is 2. The number of nitrogens with one attached hydrogen (secondary N) is 1. The van der Waals surface area contributed by atoms with E-state index in [1.807, 2.05) is 6.07 Å². The van der Waals surface area contributed by atoms with Crippen molar-refractivity contribution in [1.29, 1.82) is 0 Å². The molecule has 0 radical (unpaired) electrons. The second-order valence-electron chi connectivity index (χ2n) is 8.26. The van der Waals surface area contributed by atoms with Crippen LogP contribution >= 0.6 is 11.6 Å². The Balaban J connectivity index is 1.69. The summed E-state index contributed by atoms with van der Waals surface area (Å²) in [5, 5.41) is 24.0. The summed E-state index contributed by atoms with van der Waals surface area (Å²) in [4.78, 5) is 26.9. The van der Waals surface area contributed by atoms with Crippen molar-refractivity contribution in [1.82, 2.24) is 10.2 Å². The van der Waals surface area contributed by atoms with Crippen molar-refractivity contribution in [3.8, 4) is 0 Å². The van der Waals surface area contributed by atoms with Gasteiger partial charge in [-0.2, -0.15) is 0 Å². The van der Waals surface area contributed by atoms with Gasteiger partial charge in [-0.15, -0.1) is 0 Å². The Bertz CT molecular complexity index is 951. The standard InChI is InChI=1S/C23H26ClFN2O4/c1-23(2,15-8-10-17(25)11-9-15)26-21(30)19(28)20(29)22(31)27-12-4-7-18(27)14-5-3-6-16(24)13-14/h3,5-6,8-11,13,18-20,28-29H,4,7,12H2,1-2H3,(H,26,30)/t18?,19-,20-/m1/s1. The molecule has 3 rings (SSSR count). The average molecular weight is 449 g/mol. The highest BCUT2D eigenvalue weighted by Crippen LogP contribution is 2.33. The van der Waals surface area contributed by atoms with Crippen molar-refractivity contribution in [2.45, 2.75) is 50.5 Å². The van der Waals surface area contributed by atoms with Gasteiger partial charge in [0.2, 0.25) is 0 Å². The highest BCUT2D eigenvalue weighted by molar-refractivity contribution is 6.30. The molecule has 3 atom stereocenters. The Morgan fingerprint density at radius 1 is 1.16 bits per heavy atom. The fourth-order valence-electron chi connectivity index (χ4n) is 3.86. The monoisotopic (exact) mass is 448 g/mol. The highest BCUT2D eigenvalue weighted by Gasteiger charge is 2.39. The van der Waals surface area contributed by atoms with Gasteiger partial charge in [0.05, 0.1) is 11.6 Å². The molecule has 8 heteroatoms. The number of likely N-dealkylation sites (tertiary alicyclic amines) is 1. The molecule has 0 saturated carbocycles.